The van der Waals surface area contributed by atoms with Crippen molar-refractivity contribution in [1.82, 2.24) is 10.2 Å². The molecule has 27 heavy (non-hydrogen) atoms. The van der Waals surface area contributed by atoms with E-state index in [1.165, 1.54) is 23.5 Å². The Morgan fingerprint density at radius 3 is 2.85 bits per heavy atom. The van der Waals surface area contributed by atoms with Crippen molar-refractivity contribution in [3.05, 3.63) is 23.2 Å². The van der Waals surface area contributed by atoms with Crippen LogP contribution in [-0.4, -0.2) is 48.7 Å². The molecule has 3 rings (SSSR count). The Bertz CT molecular complexity index is 964. The van der Waals surface area contributed by atoms with Crippen molar-refractivity contribution in [2.45, 2.75) is 29.5 Å². The average molecular weight is 449 g/mol. The minimum Gasteiger partial charge on any atom is -0.476 e. The molecule has 0 bridgehead atoms. The van der Waals surface area contributed by atoms with E-state index < -0.39 is 22.0 Å². The molecule has 1 aromatic heterocycles. The Labute approximate surface area is 170 Å². The molecule has 1 aliphatic rings. The number of carbonyl (C=O) groups is 1. The van der Waals surface area contributed by atoms with Crippen molar-refractivity contribution < 1.29 is 17.9 Å². The molecule has 8 nitrogen and oxygen atoms in total. The van der Waals surface area contributed by atoms with Gasteiger partial charge in [0, 0.05) is 10.3 Å². The van der Waals surface area contributed by atoms with E-state index in [1.807, 2.05) is 13.8 Å². The zero-order valence-corrected chi connectivity index (χ0v) is 17.9. The summed E-state index contributed by atoms with van der Waals surface area (Å²) in [6.07, 6.45) is 0.0384. The van der Waals surface area contributed by atoms with Gasteiger partial charge in [-0.1, -0.05) is 48.5 Å². The van der Waals surface area contributed by atoms with E-state index in [2.05, 4.69) is 15.5 Å². The second kappa shape index (κ2) is 7.82. The number of aromatic nitrogens is 2. The molecule has 0 spiro atoms. The van der Waals surface area contributed by atoms with Gasteiger partial charge in [-0.05, 0) is 18.2 Å². The van der Waals surface area contributed by atoms with Crippen molar-refractivity contribution in [3.8, 4) is 5.75 Å². The number of carbonyl (C=O) groups excluding carboxylic acids is 1. The third-order valence-electron chi connectivity index (χ3n) is 3.46. The van der Waals surface area contributed by atoms with Gasteiger partial charge in [0.05, 0.1) is 18.5 Å². The normalized spacial score (nSPS) is 16.8. The van der Waals surface area contributed by atoms with Crippen LogP contribution in [0.4, 0.5) is 10.8 Å². The fourth-order valence-corrected chi connectivity index (χ4v) is 5.42. The predicted molar refractivity (Wildman–Crippen MR) is 108 cm³/mol. The number of halogens is 1. The number of anilines is 2. The molecule has 0 radical (unpaired) electrons. The first kappa shape index (κ1) is 20.2. The van der Waals surface area contributed by atoms with Gasteiger partial charge < -0.3 is 4.74 Å². The molecule has 2 heterocycles. The highest BCUT2D eigenvalue weighted by molar-refractivity contribution is 8.01. The lowest BCUT2D eigenvalue weighted by atomic mass is 10.2. The largest absolute Gasteiger partial charge is 0.476 e. The molecule has 1 aliphatic heterocycles. The number of nitrogens with zero attached hydrogens (tertiary/aromatic N) is 3. The van der Waals surface area contributed by atoms with Crippen LogP contribution < -0.4 is 14.4 Å². The number of rotatable bonds is 5. The number of thioether (sulfide) groups is 1. The van der Waals surface area contributed by atoms with Gasteiger partial charge in [-0.3, -0.25) is 14.4 Å². The summed E-state index contributed by atoms with van der Waals surface area (Å²) >= 11 is 8.76. The zero-order chi connectivity index (χ0) is 19.8. The van der Waals surface area contributed by atoms with Gasteiger partial charge in [-0.25, -0.2) is 8.42 Å². The van der Waals surface area contributed by atoms with Crippen LogP contribution in [0.25, 0.3) is 0 Å². The van der Waals surface area contributed by atoms with Crippen LogP contribution in [0.5, 0.6) is 5.75 Å². The number of benzene rings is 1. The van der Waals surface area contributed by atoms with Gasteiger partial charge in [-0.15, -0.1) is 10.2 Å². The van der Waals surface area contributed by atoms with Crippen LogP contribution in [0.2, 0.25) is 5.02 Å². The lowest BCUT2D eigenvalue weighted by molar-refractivity contribution is -0.122. The molecule has 1 amide bonds. The molecule has 146 valence electrons. The molecular formula is C15H17ClN4O4S3. The molecular weight excluding hydrogens is 432 g/mol. The highest BCUT2D eigenvalue weighted by Gasteiger charge is 2.35. The number of ether oxygens (including phenoxy) is 1. The summed E-state index contributed by atoms with van der Waals surface area (Å²) in [4.78, 5) is 12.6. The standard InChI is InChI=1S/C15H17ClN4O4S3/c1-8(2)25-15-19-18-14(26-15)17-13(21)12-7-20(27(3,22)23)10-6-9(16)4-5-11(10)24-12/h4-6,8,12H,7H2,1-3H3,(H,17,18,21)/t12-/m0/s1. The number of amides is 1. The van der Waals surface area contributed by atoms with Gasteiger partial charge in [-0.2, -0.15) is 0 Å². The molecule has 12 heteroatoms. The Balaban J connectivity index is 1.80. The number of hydrogen-bond acceptors (Lipinski definition) is 8. The second-order valence-corrected chi connectivity index (χ2v) is 11.2. The van der Waals surface area contributed by atoms with Crippen LogP contribution in [0.15, 0.2) is 22.5 Å². The van der Waals surface area contributed by atoms with Crippen LogP contribution in [0.1, 0.15) is 13.8 Å². The van der Waals surface area contributed by atoms with Crippen LogP contribution in [0.3, 0.4) is 0 Å². The summed E-state index contributed by atoms with van der Waals surface area (Å²) in [5.41, 5.74) is 0.306. The number of hydrogen-bond donors (Lipinski definition) is 1. The zero-order valence-electron chi connectivity index (χ0n) is 14.7. The SMILES string of the molecule is CC(C)Sc1nnc(NC(=O)[C@@H]2CN(S(C)(=O)=O)c3cc(Cl)ccc3O2)s1. The minimum atomic E-state index is -3.62. The van der Waals surface area contributed by atoms with E-state index in [1.54, 1.807) is 17.8 Å². The molecule has 2 aromatic rings. The number of sulfonamides is 1. The fraction of sp³-hybridized carbons (Fsp3) is 0.400. The first-order chi connectivity index (χ1) is 12.6. The van der Waals surface area contributed by atoms with Crippen molar-refractivity contribution >= 4 is 61.4 Å². The van der Waals surface area contributed by atoms with Gasteiger partial charge in [0.15, 0.2) is 10.4 Å². The lowest BCUT2D eigenvalue weighted by Gasteiger charge is -2.33. The van der Waals surface area contributed by atoms with E-state index in [0.29, 0.717) is 21.1 Å². The first-order valence-corrected chi connectivity index (χ1v) is 11.8. The first-order valence-electron chi connectivity index (χ1n) is 7.88. The van der Waals surface area contributed by atoms with Crippen molar-refractivity contribution in [1.29, 1.82) is 0 Å². The molecule has 1 N–H and O–H groups in total. The molecule has 0 unspecified atom stereocenters. The quantitative estimate of drug-likeness (QED) is 0.554. The maximum Gasteiger partial charge on any atom is 0.269 e. The summed E-state index contributed by atoms with van der Waals surface area (Å²) in [7, 11) is -3.62. The van der Waals surface area contributed by atoms with E-state index in [0.717, 1.165) is 14.9 Å². The minimum absolute atomic E-state index is 0.162. The highest BCUT2D eigenvalue weighted by atomic mass is 35.5. The monoisotopic (exact) mass is 448 g/mol. The van der Waals surface area contributed by atoms with Crippen LogP contribution in [-0.2, 0) is 14.8 Å². The third kappa shape index (κ3) is 4.84. The van der Waals surface area contributed by atoms with Crippen LogP contribution >= 0.6 is 34.7 Å². The fourth-order valence-electron chi connectivity index (χ4n) is 2.37. The van der Waals surface area contributed by atoms with E-state index in [-0.39, 0.29) is 12.3 Å². The predicted octanol–water partition coefficient (Wildman–Crippen LogP) is 2.86. The molecule has 0 saturated heterocycles. The van der Waals surface area contributed by atoms with Gasteiger partial charge in [0.1, 0.15) is 5.75 Å². The van der Waals surface area contributed by atoms with E-state index in [9.17, 15) is 13.2 Å². The van der Waals surface area contributed by atoms with Gasteiger partial charge in [0.25, 0.3) is 5.91 Å². The molecule has 1 atom stereocenters. The van der Waals surface area contributed by atoms with Crippen molar-refractivity contribution in [2.75, 3.05) is 22.4 Å². The average Bonchev–Trinajstić information content (AvgIpc) is 2.98. The highest BCUT2D eigenvalue weighted by Crippen LogP contribution is 2.37. The van der Waals surface area contributed by atoms with E-state index in [4.69, 9.17) is 16.3 Å². The summed E-state index contributed by atoms with van der Waals surface area (Å²) in [6, 6.07) is 4.60. The van der Waals surface area contributed by atoms with Gasteiger partial charge in [0.2, 0.25) is 15.2 Å². The van der Waals surface area contributed by atoms with E-state index >= 15 is 0 Å². The molecule has 0 fully saturated rings. The van der Waals surface area contributed by atoms with Crippen molar-refractivity contribution in [3.63, 3.8) is 0 Å². The van der Waals surface area contributed by atoms with Crippen LogP contribution in [0, 0.1) is 0 Å². The Morgan fingerprint density at radius 1 is 1.44 bits per heavy atom. The Kier molecular flexibility index (Phi) is 5.84. The lowest BCUT2D eigenvalue weighted by Crippen LogP contribution is -2.48. The number of fused-ring (bicyclic) bond motifs is 1. The van der Waals surface area contributed by atoms with Gasteiger partial charge >= 0.3 is 0 Å². The molecule has 0 aliphatic carbocycles. The summed E-state index contributed by atoms with van der Waals surface area (Å²) in [6.45, 7) is 3.90. The molecule has 0 saturated carbocycles. The van der Waals surface area contributed by atoms with Crippen molar-refractivity contribution in [2.24, 2.45) is 0 Å². The maximum absolute atomic E-state index is 12.6. The molecule has 1 aromatic carbocycles. The summed E-state index contributed by atoms with van der Waals surface area (Å²) < 4.78 is 31.9. The summed E-state index contributed by atoms with van der Waals surface area (Å²) in [5.74, 6) is -0.231. The second-order valence-electron chi connectivity index (χ2n) is 6.04. The smallest absolute Gasteiger partial charge is 0.269 e. The Hall–Kier alpha value is -1.56. The Morgan fingerprint density at radius 2 is 2.19 bits per heavy atom. The topological polar surface area (TPSA) is 101 Å². The summed E-state index contributed by atoms with van der Waals surface area (Å²) in [5, 5.41) is 11.6. The maximum atomic E-state index is 12.6. The number of nitrogens with one attached hydrogen (secondary N) is 1. The third-order valence-corrected chi connectivity index (χ3v) is 6.76.